The second-order valence-corrected chi connectivity index (χ2v) is 8.55. The lowest BCUT2D eigenvalue weighted by Crippen LogP contribution is -2.42. The summed E-state index contributed by atoms with van der Waals surface area (Å²) in [4.78, 5) is 14.7. The zero-order valence-electron chi connectivity index (χ0n) is 15.8. The highest BCUT2D eigenvalue weighted by molar-refractivity contribution is 7.57. The summed E-state index contributed by atoms with van der Waals surface area (Å²) in [6.45, 7) is 2.08. The predicted molar refractivity (Wildman–Crippen MR) is 110 cm³/mol. The number of hydrogen-bond acceptors (Lipinski definition) is 5. The highest BCUT2D eigenvalue weighted by atomic mass is 31.2. The van der Waals surface area contributed by atoms with Crippen LogP contribution in [0.25, 0.3) is 0 Å². The van der Waals surface area contributed by atoms with Crippen LogP contribution < -0.4 is 13.9 Å². The van der Waals surface area contributed by atoms with Gasteiger partial charge in [0.1, 0.15) is 11.5 Å². The predicted octanol–water partition coefficient (Wildman–Crippen LogP) is 4.55. The summed E-state index contributed by atoms with van der Waals surface area (Å²) in [5.41, 5.74) is 0.679. The standard InChI is InChI=1S/C22H20NO5P/c1-2-23-20-16-10-9-15-19(20)22(25,21(23)24)29(26,27-17-11-5-3-6-12-17)28-18-13-7-4-8-14-18/h3-16,25H,2H2,1H3. The van der Waals surface area contributed by atoms with Crippen molar-refractivity contribution in [2.45, 2.75) is 12.3 Å². The van der Waals surface area contributed by atoms with Crippen molar-refractivity contribution in [3.8, 4) is 11.5 Å². The molecule has 1 heterocycles. The Bertz CT molecular complexity index is 1030. The van der Waals surface area contributed by atoms with E-state index in [-0.39, 0.29) is 17.1 Å². The van der Waals surface area contributed by atoms with Gasteiger partial charge >= 0.3 is 7.60 Å². The van der Waals surface area contributed by atoms with Crippen LogP contribution in [0.3, 0.4) is 0 Å². The highest BCUT2D eigenvalue weighted by Gasteiger charge is 2.66. The van der Waals surface area contributed by atoms with Crippen LogP contribution in [0.4, 0.5) is 5.69 Å². The van der Waals surface area contributed by atoms with Crippen molar-refractivity contribution in [2.75, 3.05) is 11.4 Å². The summed E-state index contributed by atoms with van der Waals surface area (Å²) in [6.07, 6.45) is 0. The number of fused-ring (bicyclic) bond motifs is 1. The Morgan fingerprint density at radius 3 is 1.86 bits per heavy atom. The average Bonchev–Trinajstić information content (AvgIpc) is 2.97. The molecule has 1 unspecified atom stereocenters. The Balaban J connectivity index is 1.88. The second-order valence-electron chi connectivity index (χ2n) is 6.54. The van der Waals surface area contributed by atoms with E-state index in [1.807, 2.05) is 0 Å². The first-order chi connectivity index (χ1) is 14.0. The maximum absolute atomic E-state index is 14.2. The molecule has 6 nitrogen and oxygen atoms in total. The minimum atomic E-state index is -4.50. The molecule has 1 aliphatic rings. The number of carbonyl (C=O) groups excluding carboxylic acids is 1. The lowest BCUT2D eigenvalue weighted by Gasteiger charge is -2.30. The first kappa shape index (κ1) is 19.2. The monoisotopic (exact) mass is 409 g/mol. The number of rotatable bonds is 6. The van der Waals surface area contributed by atoms with Crippen LogP contribution >= 0.6 is 7.60 Å². The largest absolute Gasteiger partial charge is 0.476 e. The summed E-state index contributed by atoms with van der Waals surface area (Å²) in [6, 6.07) is 23.4. The van der Waals surface area contributed by atoms with Crippen LogP contribution in [-0.4, -0.2) is 17.6 Å². The maximum atomic E-state index is 14.2. The van der Waals surface area contributed by atoms with Gasteiger partial charge in [0.15, 0.2) is 0 Å². The van der Waals surface area contributed by atoms with Crippen LogP contribution in [0, 0.1) is 0 Å². The first-order valence-electron chi connectivity index (χ1n) is 9.23. The molecule has 7 heteroatoms. The molecule has 1 aliphatic heterocycles. The minimum Gasteiger partial charge on any atom is -0.414 e. The highest BCUT2D eigenvalue weighted by Crippen LogP contribution is 2.66. The third-order valence-corrected chi connectivity index (χ3v) is 6.89. The number of anilines is 1. The molecule has 0 aromatic heterocycles. The fourth-order valence-corrected chi connectivity index (χ4v) is 5.33. The molecule has 148 valence electrons. The summed E-state index contributed by atoms with van der Waals surface area (Å²) in [7, 11) is -4.50. The number of carbonyl (C=O) groups is 1. The smallest absolute Gasteiger partial charge is 0.414 e. The number of benzene rings is 3. The fourth-order valence-electron chi connectivity index (χ4n) is 3.39. The Hall–Kier alpha value is -3.08. The van der Waals surface area contributed by atoms with Crippen molar-refractivity contribution in [2.24, 2.45) is 0 Å². The fraction of sp³-hybridized carbons (Fsp3) is 0.136. The maximum Gasteiger partial charge on any atom is 0.476 e. The average molecular weight is 409 g/mol. The summed E-state index contributed by atoms with van der Waals surface area (Å²) in [5, 5.41) is 9.17. The lowest BCUT2D eigenvalue weighted by atomic mass is 10.1. The summed E-state index contributed by atoms with van der Waals surface area (Å²) in [5.74, 6) is -0.294. The molecule has 29 heavy (non-hydrogen) atoms. The molecular weight excluding hydrogens is 389 g/mol. The van der Waals surface area contributed by atoms with E-state index in [0.717, 1.165) is 0 Å². The van der Waals surface area contributed by atoms with Gasteiger partial charge in [-0.2, -0.15) is 0 Å². The minimum absolute atomic E-state index is 0.196. The zero-order chi connectivity index (χ0) is 20.5. The van der Waals surface area contributed by atoms with E-state index in [0.29, 0.717) is 12.2 Å². The number of nitrogens with zero attached hydrogens (tertiary/aromatic N) is 1. The Kier molecular flexibility index (Phi) is 4.91. The van der Waals surface area contributed by atoms with Gasteiger partial charge in [-0.3, -0.25) is 4.79 Å². The van der Waals surface area contributed by atoms with Gasteiger partial charge in [0.2, 0.25) is 0 Å². The normalized spacial score (nSPS) is 18.4. The van der Waals surface area contributed by atoms with Crippen LogP contribution in [0.15, 0.2) is 84.9 Å². The second kappa shape index (κ2) is 7.39. The van der Waals surface area contributed by atoms with Gasteiger partial charge in [0, 0.05) is 12.1 Å². The first-order valence-corrected chi connectivity index (χ1v) is 10.8. The van der Waals surface area contributed by atoms with Crippen molar-refractivity contribution in [3.63, 3.8) is 0 Å². The molecule has 0 bridgehead atoms. The third kappa shape index (κ3) is 3.11. The van der Waals surface area contributed by atoms with Crippen LogP contribution in [0.1, 0.15) is 12.5 Å². The number of para-hydroxylation sites is 3. The Morgan fingerprint density at radius 1 is 0.862 bits per heavy atom. The topological polar surface area (TPSA) is 76.1 Å². The van der Waals surface area contributed by atoms with E-state index in [1.165, 1.54) is 4.90 Å². The molecule has 1 amide bonds. The van der Waals surface area contributed by atoms with Crippen molar-refractivity contribution >= 4 is 19.2 Å². The van der Waals surface area contributed by atoms with Gasteiger partial charge in [-0.25, -0.2) is 4.57 Å². The van der Waals surface area contributed by atoms with Gasteiger partial charge in [0.25, 0.3) is 11.2 Å². The molecule has 0 fully saturated rings. The van der Waals surface area contributed by atoms with E-state index >= 15 is 0 Å². The van der Waals surface area contributed by atoms with Gasteiger partial charge in [-0.05, 0) is 37.3 Å². The summed E-state index contributed by atoms with van der Waals surface area (Å²) < 4.78 is 25.7. The van der Waals surface area contributed by atoms with E-state index in [2.05, 4.69) is 0 Å². The van der Waals surface area contributed by atoms with Crippen molar-refractivity contribution in [1.29, 1.82) is 0 Å². The van der Waals surface area contributed by atoms with E-state index in [9.17, 15) is 14.5 Å². The van der Waals surface area contributed by atoms with Gasteiger partial charge in [-0.1, -0.05) is 54.6 Å². The van der Waals surface area contributed by atoms with Crippen molar-refractivity contribution in [1.82, 2.24) is 0 Å². The molecule has 0 spiro atoms. The molecular formula is C22H20NO5P. The number of hydrogen-bond donors (Lipinski definition) is 1. The van der Waals surface area contributed by atoms with Gasteiger partial charge in [-0.15, -0.1) is 0 Å². The Labute approximate surface area is 168 Å². The van der Waals surface area contributed by atoms with Crippen LogP contribution in [0.2, 0.25) is 0 Å². The number of amides is 1. The lowest BCUT2D eigenvalue weighted by molar-refractivity contribution is -0.129. The molecule has 4 rings (SSSR count). The molecule has 3 aromatic rings. The molecule has 3 aromatic carbocycles. The van der Waals surface area contributed by atoms with Crippen LogP contribution in [0.5, 0.6) is 11.5 Å². The van der Waals surface area contributed by atoms with E-state index < -0.39 is 18.8 Å². The molecule has 0 aliphatic carbocycles. The zero-order valence-corrected chi connectivity index (χ0v) is 16.7. The molecule has 0 radical (unpaired) electrons. The van der Waals surface area contributed by atoms with Gasteiger partial charge in [0.05, 0.1) is 5.69 Å². The molecule has 1 N–H and O–H groups in total. The number of aliphatic hydroxyl groups is 1. The van der Waals surface area contributed by atoms with E-state index in [1.54, 1.807) is 91.9 Å². The SMILES string of the molecule is CCN1C(=O)C(O)(P(=O)(Oc2ccccc2)Oc2ccccc2)c2ccccc21. The Morgan fingerprint density at radius 2 is 1.34 bits per heavy atom. The molecule has 0 saturated heterocycles. The van der Waals surface area contributed by atoms with E-state index in [4.69, 9.17) is 9.05 Å². The van der Waals surface area contributed by atoms with Crippen LogP contribution in [-0.2, 0) is 14.7 Å². The molecule has 1 atom stereocenters. The van der Waals surface area contributed by atoms with Crippen molar-refractivity contribution < 1.29 is 23.5 Å². The quantitative estimate of drug-likeness (QED) is 0.605. The number of likely N-dealkylation sites (N-methyl/N-ethyl adjacent to an activating group) is 1. The third-order valence-electron chi connectivity index (χ3n) is 4.76. The van der Waals surface area contributed by atoms with Crippen molar-refractivity contribution in [3.05, 3.63) is 90.5 Å². The summed E-state index contributed by atoms with van der Waals surface area (Å²) >= 11 is 0. The molecule has 0 saturated carbocycles. The van der Waals surface area contributed by atoms with Gasteiger partial charge < -0.3 is 19.1 Å².